The van der Waals surface area contributed by atoms with Gasteiger partial charge >= 0.3 is 0 Å². The minimum Gasteiger partial charge on any atom is -0.356 e. The summed E-state index contributed by atoms with van der Waals surface area (Å²) < 4.78 is 0. The Balaban J connectivity index is 1.39. The fraction of sp³-hybridized carbons (Fsp3) is 0.684. The van der Waals surface area contributed by atoms with Gasteiger partial charge in [0, 0.05) is 39.6 Å². The van der Waals surface area contributed by atoms with Gasteiger partial charge in [-0.1, -0.05) is 19.1 Å². The van der Waals surface area contributed by atoms with Crippen LogP contribution in [0.3, 0.4) is 0 Å². The monoisotopic (exact) mass is 375 g/mol. The van der Waals surface area contributed by atoms with Crippen LogP contribution in [0.25, 0.3) is 0 Å². The summed E-state index contributed by atoms with van der Waals surface area (Å²) in [6.07, 6.45) is 6.42. The van der Waals surface area contributed by atoms with Crippen LogP contribution in [-0.4, -0.2) is 61.8 Å². The molecule has 4 unspecified atom stereocenters. The number of nitrogens with one attached hydrogen (secondary N) is 3. The van der Waals surface area contributed by atoms with Gasteiger partial charge in [-0.05, 0) is 24.7 Å². The maximum absolute atomic E-state index is 12.6. The molecular weight excluding hydrogens is 346 g/mol. The summed E-state index contributed by atoms with van der Waals surface area (Å²) in [5.74, 6) is 0.684. The summed E-state index contributed by atoms with van der Waals surface area (Å²) >= 11 is 0. The van der Waals surface area contributed by atoms with E-state index in [0.717, 1.165) is 12.8 Å². The minimum atomic E-state index is -0.147. The van der Waals surface area contributed by atoms with Crippen LogP contribution in [0.15, 0.2) is 17.1 Å². The Labute approximate surface area is 159 Å². The Morgan fingerprint density at radius 2 is 1.70 bits per heavy atom. The molecule has 1 heterocycles. The fourth-order valence-electron chi connectivity index (χ4n) is 4.34. The molecule has 148 valence electrons. The number of hydrogen-bond donors (Lipinski definition) is 3. The van der Waals surface area contributed by atoms with Crippen LogP contribution in [0.1, 0.15) is 26.2 Å². The number of rotatable bonds is 8. The lowest BCUT2D eigenvalue weighted by Gasteiger charge is -2.18. The van der Waals surface area contributed by atoms with E-state index in [1.54, 1.807) is 7.05 Å². The number of allylic oxidation sites excluding steroid dienone is 2. The van der Waals surface area contributed by atoms with E-state index < -0.39 is 0 Å². The normalized spacial score (nSPS) is 28.7. The lowest BCUT2D eigenvalue weighted by Crippen LogP contribution is -2.44. The summed E-state index contributed by atoms with van der Waals surface area (Å²) in [6.45, 7) is 3.93. The smallest absolute Gasteiger partial charge is 0.233 e. The standard InChI is InChI=1S/C19H29N5O3/c1-3-7-21-14(25)6-8-22-19(20-2)23-9-10-24-17(26)15-12-4-5-13(11-12)16(15)18(24)27/h4-5,12-13,15-16H,3,6-11H2,1-2H3,(H,21,25)(H2,20,22,23). The molecule has 3 N–H and O–H groups in total. The lowest BCUT2D eigenvalue weighted by molar-refractivity contribution is -0.140. The van der Waals surface area contributed by atoms with Gasteiger partial charge in [0.25, 0.3) is 0 Å². The number of nitrogens with zero attached hydrogens (tertiary/aromatic N) is 2. The molecule has 27 heavy (non-hydrogen) atoms. The maximum Gasteiger partial charge on any atom is 0.233 e. The van der Waals surface area contributed by atoms with Crippen LogP contribution in [0, 0.1) is 23.7 Å². The molecule has 0 aromatic rings. The predicted molar refractivity (Wildman–Crippen MR) is 102 cm³/mol. The van der Waals surface area contributed by atoms with Crippen molar-refractivity contribution in [3.8, 4) is 0 Å². The largest absolute Gasteiger partial charge is 0.356 e. The first-order chi connectivity index (χ1) is 13.1. The molecule has 8 nitrogen and oxygen atoms in total. The molecule has 2 bridgehead atoms. The third kappa shape index (κ3) is 3.99. The van der Waals surface area contributed by atoms with Gasteiger partial charge < -0.3 is 16.0 Å². The van der Waals surface area contributed by atoms with E-state index >= 15 is 0 Å². The predicted octanol–water partition coefficient (Wildman–Crippen LogP) is -0.125. The Bertz CT molecular complexity index is 630. The highest BCUT2D eigenvalue weighted by Crippen LogP contribution is 2.52. The molecule has 3 aliphatic rings. The van der Waals surface area contributed by atoms with Crippen LogP contribution in [0.2, 0.25) is 0 Å². The van der Waals surface area contributed by atoms with Crippen LogP contribution in [0.4, 0.5) is 0 Å². The number of carbonyl (C=O) groups is 3. The highest BCUT2D eigenvalue weighted by molar-refractivity contribution is 6.06. The van der Waals surface area contributed by atoms with E-state index in [1.807, 2.05) is 6.92 Å². The van der Waals surface area contributed by atoms with Crippen LogP contribution in [0.5, 0.6) is 0 Å². The second-order valence-electron chi connectivity index (χ2n) is 7.35. The highest BCUT2D eigenvalue weighted by atomic mass is 16.2. The average molecular weight is 375 g/mol. The van der Waals surface area contributed by atoms with Crippen molar-refractivity contribution in [2.24, 2.45) is 28.7 Å². The first kappa shape index (κ1) is 19.4. The number of imide groups is 1. The Morgan fingerprint density at radius 3 is 2.30 bits per heavy atom. The van der Waals surface area contributed by atoms with Gasteiger partial charge in [0.15, 0.2) is 5.96 Å². The van der Waals surface area contributed by atoms with Crippen LogP contribution >= 0.6 is 0 Å². The van der Waals surface area contributed by atoms with E-state index in [0.29, 0.717) is 38.6 Å². The summed E-state index contributed by atoms with van der Waals surface area (Å²) in [7, 11) is 1.65. The molecule has 0 aromatic heterocycles. The number of aliphatic imine (C=N–C) groups is 1. The van der Waals surface area contributed by atoms with Crippen LogP contribution < -0.4 is 16.0 Å². The van der Waals surface area contributed by atoms with Crippen molar-refractivity contribution in [2.45, 2.75) is 26.2 Å². The molecule has 4 atom stereocenters. The summed E-state index contributed by atoms with van der Waals surface area (Å²) in [5, 5.41) is 8.99. The first-order valence-electron chi connectivity index (χ1n) is 9.81. The third-order valence-electron chi connectivity index (χ3n) is 5.63. The molecule has 0 radical (unpaired) electrons. The topological polar surface area (TPSA) is 103 Å². The molecule has 3 amide bonds. The second-order valence-corrected chi connectivity index (χ2v) is 7.35. The zero-order chi connectivity index (χ0) is 19.4. The number of hydrogen-bond acceptors (Lipinski definition) is 4. The fourth-order valence-corrected chi connectivity index (χ4v) is 4.34. The van der Waals surface area contributed by atoms with E-state index in [-0.39, 0.29) is 41.4 Å². The maximum atomic E-state index is 12.6. The summed E-state index contributed by atoms with van der Waals surface area (Å²) in [4.78, 5) is 42.3. The van der Waals surface area contributed by atoms with E-state index in [4.69, 9.17) is 0 Å². The van der Waals surface area contributed by atoms with E-state index in [9.17, 15) is 14.4 Å². The van der Waals surface area contributed by atoms with Crippen molar-refractivity contribution in [3.05, 3.63) is 12.2 Å². The SMILES string of the molecule is CCCNC(=O)CCNC(=NC)NCCN1C(=O)C2C3C=CC(C3)C2C1=O. The molecule has 1 aliphatic heterocycles. The quantitative estimate of drug-likeness (QED) is 0.237. The number of likely N-dealkylation sites (tertiary alicyclic amines) is 1. The summed E-state index contributed by atoms with van der Waals surface area (Å²) in [5.41, 5.74) is 0. The highest BCUT2D eigenvalue weighted by Gasteiger charge is 2.58. The number of fused-ring (bicyclic) bond motifs is 5. The Hall–Kier alpha value is -2.38. The van der Waals surface area contributed by atoms with Crippen LogP contribution in [-0.2, 0) is 14.4 Å². The zero-order valence-corrected chi connectivity index (χ0v) is 16.0. The van der Waals surface area contributed by atoms with Gasteiger partial charge in [-0.25, -0.2) is 0 Å². The van der Waals surface area contributed by atoms with Crippen molar-refractivity contribution in [2.75, 3.05) is 33.2 Å². The summed E-state index contributed by atoms with van der Waals surface area (Å²) in [6, 6.07) is 0. The molecule has 2 fully saturated rings. The van der Waals surface area contributed by atoms with Crippen molar-refractivity contribution < 1.29 is 14.4 Å². The Morgan fingerprint density at radius 1 is 1.07 bits per heavy atom. The van der Waals surface area contributed by atoms with Gasteiger partial charge in [0.05, 0.1) is 11.8 Å². The van der Waals surface area contributed by atoms with Gasteiger partial charge in [-0.15, -0.1) is 0 Å². The molecule has 0 aromatic carbocycles. The van der Waals surface area contributed by atoms with Gasteiger partial charge in [0.2, 0.25) is 17.7 Å². The number of carbonyl (C=O) groups excluding carboxylic acids is 3. The average Bonchev–Trinajstić information content (AvgIpc) is 3.34. The second kappa shape index (κ2) is 8.54. The minimum absolute atomic E-state index is 0.00263. The van der Waals surface area contributed by atoms with Gasteiger partial charge in [-0.3, -0.25) is 24.3 Å². The molecule has 1 saturated heterocycles. The van der Waals surface area contributed by atoms with Crippen molar-refractivity contribution in [3.63, 3.8) is 0 Å². The van der Waals surface area contributed by atoms with Crippen molar-refractivity contribution in [1.82, 2.24) is 20.9 Å². The van der Waals surface area contributed by atoms with E-state index in [2.05, 4.69) is 33.1 Å². The molecule has 8 heteroatoms. The van der Waals surface area contributed by atoms with Gasteiger partial charge in [-0.2, -0.15) is 0 Å². The molecule has 0 spiro atoms. The third-order valence-corrected chi connectivity index (χ3v) is 5.63. The van der Waals surface area contributed by atoms with Crippen molar-refractivity contribution in [1.29, 1.82) is 0 Å². The molecule has 1 saturated carbocycles. The van der Waals surface area contributed by atoms with Gasteiger partial charge in [0.1, 0.15) is 0 Å². The lowest BCUT2D eigenvalue weighted by atomic mass is 9.85. The molecular formula is C19H29N5O3. The zero-order valence-electron chi connectivity index (χ0n) is 16.0. The first-order valence-corrected chi connectivity index (χ1v) is 9.81. The number of amides is 3. The molecule has 2 aliphatic carbocycles. The number of guanidine groups is 1. The Kier molecular flexibility index (Phi) is 6.13. The van der Waals surface area contributed by atoms with E-state index in [1.165, 1.54) is 4.90 Å². The molecule has 3 rings (SSSR count). The van der Waals surface area contributed by atoms with Crippen molar-refractivity contribution >= 4 is 23.7 Å².